The van der Waals surface area contributed by atoms with E-state index in [1.807, 2.05) is 18.4 Å². The summed E-state index contributed by atoms with van der Waals surface area (Å²) in [5, 5.41) is 5.14. The first-order valence-electron chi connectivity index (χ1n) is 9.74. The predicted molar refractivity (Wildman–Crippen MR) is 122 cm³/mol. The zero-order valence-electron chi connectivity index (χ0n) is 18.0. The van der Waals surface area contributed by atoms with Gasteiger partial charge in [-0.3, -0.25) is 4.79 Å². The van der Waals surface area contributed by atoms with E-state index in [1.54, 1.807) is 41.8 Å². The van der Waals surface area contributed by atoms with Crippen LogP contribution in [-0.4, -0.2) is 47.5 Å². The Morgan fingerprint density at radius 3 is 2.56 bits per heavy atom. The number of Topliss-reactive ketones (excluding diaryl/α,β-unsaturated/α-hetero) is 1. The number of ketones is 1. The van der Waals surface area contributed by atoms with E-state index >= 15 is 0 Å². The number of aromatic nitrogens is 2. The normalized spacial score (nSPS) is 10.5. The SMILES string of the molecule is C=CCNc1nc(C(=O)OCC(=O)c2cc(C)n(-c3ccc(C(=O)OC)cc3)c2C)cs1. The number of ether oxygens (including phenoxy) is 2. The van der Waals surface area contributed by atoms with Crippen LogP contribution < -0.4 is 5.32 Å². The molecule has 0 unspecified atom stereocenters. The third-order valence-electron chi connectivity index (χ3n) is 4.72. The molecule has 1 N–H and O–H groups in total. The van der Waals surface area contributed by atoms with Crippen LogP contribution in [0.2, 0.25) is 0 Å². The molecule has 0 aliphatic heterocycles. The van der Waals surface area contributed by atoms with Gasteiger partial charge in [0.1, 0.15) is 0 Å². The van der Waals surface area contributed by atoms with Gasteiger partial charge in [-0.1, -0.05) is 6.08 Å². The molecule has 0 aliphatic carbocycles. The van der Waals surface area contributed by atoms with Gasteiger partial charge in [0.2, 0.25) is 5.78 Å². The largest absolute Gasteiger partial charge is 0.465 e. The number of thiazole rings is 1. The number of aryl methyl sites for hydroxylation is 1. The van der Waals surface area contributed by atoms with E-state index in [1.165, 1.54) is 18.4 Å². The van der Waals surface area contributed by atoms with E-state index in [0.717, 1.165) is 11.4 Å². The van der Waals surface area contributed by atoms with Crippen molar-refractivity contribution in [2.75, 3.05) is 25.6 Å². The molecule has 0 radical (unpaired) electrons. The number of benzene rings is 1. The minimum Gasteiger partial charge on any atom is -0.465 e. The second-order valence-corrected chi connectivity index (χ2v) is 7.72. The van der Waals surface area contributed by atoms with Gasteiger partial charge in [0.25, 0.3) is 0 Å². The van der Waals surface area contributed by atoms with Gasteiger partial charge in [-0.15, -0.1) is 17.9 Å². The first-order valence-corrected chi connectivity index (χ1v) is 10.6. The number of carbonyl (C=O) groups is 3. The highest BCUT2D eigenvalue weighted by atomic mass is 32.1. The number of rotatable bonds is 9. The van der Waals surface area contributed by atoms with Crippen molar-refractivity contribution in [1.29, 1.82) is 0 Å². The Morgan fingerprint density at radius 1 is 1.19 bits per heavy atom. The smallest absolute Gasteiger partial charge is 0.358 e. The fourth-order valence-electron chi connectivity index (χ4n) is 3.20. The monoisotopic (exact) mass is 453 g/mol. The Labute approximate surface area is 189 Å². The van der Waals surface area contributed by atoms with Gasteiger partial charge in [-0.05, 0) is 44.2 Å². The van der Waals surface area contributed by atoms with E-state index in [4.69, 9.17) is 9.47 Å². The molecule has 166 valence electrons. The molecule has 9 heteroatoms. The molecule has 0 bridgehead atoms. The topological polar surface area (TPSA) is 99.5 Å². The van der Waals surface area contributed by atoms with Crippen molar-refractivity contribution >= 4 is 34.2 Å². The van der Waals surface area contributed by atoms with Crippen molar-refractivity contribution in [3.63, 3.8) is 0 Å². The molecule has 3 aromatic rings. The Morgan fingerprint density at radius 2 is 1.91 bits per heavy atom. The van der Waals surface area contributed by atoms with Crippen molar-refractivity contribution in [2.24, 2.45) is 0 Å². The molecule has 0 amide bonds. The van der Waals surface area contributed by atoms with E-state index in [-0.39, 0.29) is 11.5 Å². The summed E-state index contributed by atoms with van der Waals surface area (Å²) in [5.41, 5.74) is 3.38. The molecule has 0 atom stereocenters. The van der Waals surface area contributed by atoms with Crippen LogP contribution in [0.15, 0.2) is 48.4 Å². The maximum atomic E-state index is 12.7. The summed E-state index contributed by atoms with van der Waals surface area (Å²) in [6.07, 6.45) is 1.68. The molecule has 0 saturated heterocycles. The number of carbonyl (C=O) groups excluding carboxylic acids is 3. The lowest BCUT2D eigenvalue weighted by Crippen LogP contribution is -2.15. The molecule has 32 heavy (non-hydrogen) atoms. The Balaban J connectivity index is 1.70. The lowest BCUT2D eigenvalue weighted by molar-refractivity contribution is 0.0469. The molecule has 0 saturated carbocycles. The minimum atomic E-state index is -0.659. The number of anilines is 1. The van der Waals surface area contributed by atoms with Gasteiger partial charge in [-0.2, -0.15) is 0 Å². The molecular formula is C23H23N3O5S. The van der Waals surface area contributed by atoms with Crippen molar-refractivity contribution in [3.8, 4) is 5.69 Å². The van der Waals surface area contributed by atoms with Crippen LogP contribution in [0.4, 0.5) is 5.13 Å². The molecule has 3 rings (SSSR count). The number of nitrogens with zero attached hydrogens (tertiary/aromatic N) is 2. The van der Waals surface area contributed by atoms with Crippen LogP contribution in [-0.2, 0) is 9.47 Å². The Kier molecular flexibility index (Phi) is 7.21. The Hall–Kier alpha value is -3.72. The highest BCUT2D eigenvalue weighted by Crippen LogP contribution is 2.22. The summed E-state index contributed by atoms with van der Waals surface area (Å²) in [4.78, 5) is 40.7. The quantitative estimate of drug-likeness (QED) is 0.297. The van der Waals surface area contributed by atoms with Crippen LogP contribution >= 0.6 is 11.3 Å². The third kappa shape index (κ3) is 4.94. The van der Waals surface area contributed by atoms with Crippen LogP contribution in [0, 0.1) is 13.8 Å². The van der Waals surface area contributed by atoms with Crippen molar-refractivity contribution in [3.05, 3.63) is 76.6 Å². The van der Waals surface area contributed by atoms with Crippen LogP contribution in [0.5, 0.6) is 0 Å². The van der Waals surface area contributed by atoms with Crippen LogP contribution in [0.3, 0.4) is 0 Å². The molecule has 0 aliphatic rings. The first kappa shape index (κ1) is 23.0. The zero-order chi connectivity index (χ0) is 23.3. The van der Waals surface area contributed by atoms with Crippen LogP contribution in [0.25, 0.3) is 5.69 Å². The molecule has 8 nitrogen and oxygen atoms in total. The van der Waals surface area contributed by atoms with E-state index in [2.05, 4.69) is 16.9 Å². The summed E-state index contributed by atoms with van der Waals surface area (Å²) >= 11 is 1.27. The van der Waals surface area contributed by atoms with Gasteiger partial charge in [0.15, 0.2) is 17.4 Å². The third-order valence-corrected chi connectivity index (χ3v) is 5.52. The van der Waals surface area contributed by atoms with E-state index in [0.29, 0.717) is 28.5 Å². The van der Waals surface area contributed by atoms with Gasteiger partial charge in [0, 0.05) is 34.6 Å². The van der Waals surface area contributed by atoms with E-state index in [9.17, 15) is 14.4 Å². The first-order chi connectivity index (χ1) is 15.3. The lowest BCUT2D eigenvalue weighted by atomic mass is 10.1. The second-order valence-electron chi connectivity index (χ2n) is 6.87. The Bertz CT molecular complexity index is 1160. The molecule has 2 aromatic heterocycles. The highest BCUT2D eigenvalue weighted by Gasteiger charge is 2.20. The average Bonchev–Trinajstić information content (AvgIpc) is 3.39. The second kappa shape index (κ2) is 10.1. The standard InChI is InChI=1S/C23H23N3O5S/c1-5-10-24-23-25-19(13-32-23)22(29)31-12-20(27)18-11-14(2)26(15(18)3)17-8-6-16(7-9-17)21(28)30-4/h5-9,11,13H,1,10,12H2,2-4H3,(H,24,25). The van der Waals surface area contributed by atoms with Crippen molar-refractivity contribution in [2.45, 2.75) is 13.8 Å². The minimum absolute atomic E-state index is 0.144. The zero-order valence-corrected chi connectivity index (χ0v) is 18.8. The van der Waals surface area contributed by atoms with Gasteiger partial charge < -0.3 is 19.4 Å². The molecule has 1 aromatic carbocycles. The number of hydrogen-bond acceptors (Lipinski definition) is 8. The molecular weight excluding hydrogens is 430 g/mol. The van der Waals surface area contributed by atoms with Crippen molar-refractivity contribution in [1.82, 2.24) is 9.55 Å². The fraction of sp³-hybridized carbons (Fsp3) is 0.217. The lowest BCUT2D eigenvalue weighted by Gasteiger charge is -2.10. The number of esters is 2. The average molecular weight is 454 g/mol. The number of hydrogen-bond donors (Lipinski definition) is 1. The van der Waals surface area contributed by atoms with Gasteiger partial charge >= 0.3 is 11.9 Å². The summed E-state index contributed by atoms with van der Waals surface area (Å²) in [5.74, 6) is -1.39. The summed E-state index contributed by atoms with van der Waals surface area (Å²) < 4.78 is 11.8. The summed E-state index contributed by atoms with van der Waals surface area (Å²) in [7, 11) is 1.33. The maximum absolute atomic E-state index is 12.7. The number of methoxy groups -OCH3 is 1. The van der Waals surface area contributed by atoms with E-state index < -0.39 is 18.5 Å². The van der Waals surface area contributed by atoms with Gasteiger partial charge in [-0.25, -0.2) is 14.6 Å². The molecule has 0 fully saturated rings. The van der Waals surface area contributed by atoms with Gasteiger partial charge in [0.05, 0.1) is 12.7 Å². The van der Waals surface area contributed by atoms with Crippen LogP contribution in [0.1, 0.15) is 42.6 Å². The summed E-state index contributed by atoms with van der Waals surface area (Å²) in [6.45, 7) is 7.43. The summed E-state index contributed by atoms with van der Waals surface area (Å²) in [6, 6.07) is 8.63. The van der Waals surface area contributed by atoms with Crippen molar-refractivity contribution < 1.29 is 23.9 Å². The maximum Gasteiger partial charge on any atom is 0.358 e. The number of nitrogens with one attached hydrogen (secondary N) is 1. The fourth-order valence-corrected chi connectivity index (χ4v) is 3.89. The molecule has 0 spiro atoms. The highest BCUT2D eigenvalue weighted by molar-refractivity contribution is 7.13. The predicted octanol–water partition coefficient (Wildman–Crippen LogP) is 3.97. The molecule has 2 heterocycles.